The fourth-order valence-corrected chi connectivity index (χ4v) is 6.29. The van der Waals surface area contributed by atoms with Gasteiger partial charge in [0.05, 0.1) is 29.4 Å². The van der Waals surface area contributed by atoms with E-state index in [0.717, 1.165) is 15.7 Å². The molecule has 1 heterocycles. The van der Waals surface area contributed by atoms with Crippen molar-refractivity contribution in [2.24, 2.45) is 17.8 Å². The highest BCUT2D eigenvalue weighted by molar-refractivity contribution is 6.36. The number of fused-ring (bicyclic) bond motifs is 7. The zero-order chi connectivity index (χ0) is 18.7. The number of rotatable bonds is 2. The van der Waals surface area contributed by atoms with Crippen LogP contribution in [0.4, 0.5) is 5.69 Å². The van der Waals surface area contributed by atoms with E-state index in [1.54, 1.807) is 0 Å². The fraction of sp³-hybridized carbons (Fsp3) is 0.409. The van der Waals surface area contributed by atoms with E-state index < -0.39 is 0 Å². The monoisotopic (exact) mass is 401 g/mol. The quantitative estimate of drug-likeness (QED) is 0.619. The maximum atomic E-state index is 11.8. The lowest BCUT2D eigenvalue weighted by molar-refractivity contribution is 0.0600. The Kier molecular flexibility index (Phi) is 4.14. The van der Waals surface area contributed by atoms with Crippen LogP contribution in [0.1, 0.15) is 52.7 Å². The molecule has 0 amide bonds. The average Bonchev–Trinajstić information content (AvgIpc) is 3.32. The summed E-state index contributed by atoms with van der Waals surface area (Å²) < 4.78 is 4.82. The highest BCUT2D eigenvalue weighted by atomic mass is 35.5. The van der Waals surface area contributed by atoms with Gasteiger partial charge < -0.3 is 10.1 Å². The summed E-state index contributed by atoms with van der Waals surface area (Å²) in [7, 11) is 1.40. The van der Waals surface area contributed by atoms with Gasteiger partial charge in [-0.05, 0) is 78.3 Å². The number of carbonyl (C=O) groups is 1. The number of carbonyl (C=O) groups excluding carboxylic acids is 1. The number of hydrogen-bond acceptors (Lipinski definition) is 3. The van der Waals surface area contributed by atoms with Gasteiger partial charge in [0.25, 0.3) is 0 Å². The standard InChI is InChI=1S/C22H21Cl2NO2/c1-27-22(26)12-4-2-11(3-5-12)20-18-14-7-6-13(10-14)17(18)19-15(23)8-9-16(24)21(19)25-20/h2-5,8-9,13-14,17-18,20,25H,6-7,10H2,1H3. The van der Waals surface area contributed by atoms with Gasteiger partial charge >= 0.3 is 5.97 Å². The summed E-state index contributed by atoms with van der Waals surface area (Å²) in [5.74, 6) is 2.05. The third-order valence-corrected chi connectivity index (χ3v) is 7.48. The van der Waals surface area contributed by atoms with Gasteiger partial charge in [-0.1, -0.05) is 35.3 Å². The average molecular weight is 402 g/mol. The molecule has 3 aliphatic rings. The molecule has 3 nitrogen and oxygen atoms in total. The normalized spacial score (nSPS) is 30.4. The molecule has 2 fully saturated rings. The summed E-state index contributed by atoms with van der Waals surface area (Å²) in [6.07, 6.45) is 3.84. The van der Waals surface area contributed by atoms with Crippen LogP contribution in [0.15, 0.2) is 36.4 Å². The minimum atomic E-state index is -0.309. The van der Waals surface area contributed by atoms with E-state index in [4.69, 9.17) is 27.9 Å². The van der Waals surface area contributed by atoms with E-state index in [0.29, 0.717) is 29.2 Å². The third kappa shape index (κ3) is 2.59. The van der Waals surface area contributed by atoms with E-state index in [-0.39, 0.29) is 12.0 Å². The van der Waals surface area contributed by atoms with E-state index in [9.17, 15) is 4.79 Å². The highest BCUT2D eigenvalue weighted by Crippen LogP contribution is 2.65. The van der Waals surface area contributed by atoms with Crippen molar-refractivity contribution in [1.82, 2.24) is 0 Å². The molecule has 27 heavy (non-hydrogen) atoms. The molecule has 0 radical (unpaired) electrons. The third-order valence-electron chi connectivity index (χ3n) is 6.83. The molecule has 2 aromatic carbocycles. The second kappa shape index (κ2) is 6.42. The van der Waals surface area contributed by atoms with E-state index in [1.807, 2.05) is 36.4 Å². The zero-order valence-corrected chi connectivity index (χ0v) is 16.6. The molecule has 1 aliphatic heterocycles. The summed E-state index contributed by atoms with van der Waals surface area (Å²) in [5.41, 5.74) is 3.96. The number of halogens is 2. The number of methoxy groups -OCH3 is 1. The van der Waals surface area contributed by atoms with Gasteiger partial charge in [-0.3, -0.25) is 0 Å². The summed E-state index contributed by atoms with van der Waals surface area (Å²) in [6, 6.07) is 11.8. The first-order chi connectivity index (χ1) is 13.1. The van der Waals surface area contributed by atoms with E-state index >= 15 is 0 Å². The van der Waals surface area contributed by atoms with Crippen molar-refractivity contribution in [3.63, 3.8) is 0 Å². The number of esters is 1. The van der Waals surface area contributed by atoms with Crippen LogP contribution in [0.2, 0.25) is 10.0 Å². The molecule has 5 heteroatoms. The SMILES string of the molecule is COC(=O)c1ccc(C2Nc3c(Cl)ccc(Cl)c3C3C4CCC(C4)C23)cc1. The van der Waals surface area contributed by atoms with Crippen molar-refractivity contribution < 1.29 is 9.53 Å². The van der Waals surface area contributed by atoms with Gasteiger partial charge in [-0.2, -0.15) is 0 Å². The van der Waals surface area contributed by atoms with Crippen molar-refractivity contribution in [1.29, 1.82) is 0 Å². The lowest BCUT2D eigenvalue weighted by atomic mass is 9.68. The zero-order valence-electron chi connectivity index (χ0n) is 15.0. The lowest BCUT2D eigenvalue weighted by Crippen LogP contribution is -2.35. The Morgan fingerprint density at radius 1 is 1.04 bits per heavy atom. The van der Waals surface area contributed by atoms with Crippen molar-refractivity contribution >= 4 is 34.9 Å². The highest BCUT2D eigenvalue weighted by Gasteiger charge is 2.54. The van der Waals surface area contributed by atoms with Gasteiger partial charge in [-0.25, -0.2) is 4.79 Å². The summed E-state index contributed by atoms with van der Waals surface area (Å²) >= 11 is 13.2. The lowest BCUT2D eigenvalue weighted by Gasteiger charge is -2.44. The first kappa shape index (κ1) is 17.4. The van der Waals surface area contributed by atoms with E-state index in [1.165, 1.54) is 37.5 Å². The minimum absolute atomic E-state index is 0.181. The molecule has 2 saturated carbocycles. The second-order valence-corrected chi connectivity index (χ2v) is 8.80. The fourth-order valence-electron chi connectivity index (χ4n) is 5.79. The first-order valence-corrected chi connectivity index (χ1v) is 10.3. The Morgan fingerprint density at radius 3 is 2.48 bits per heavy atom. The molecule has 5 rings (SSSR count). The maximum absolute atomic E-state index is 11.8. The van der Waals surface area contributed by atoms with Crippen LogP contribution in [0.25, 0.3) is 0 Å². The van der Waals surface area contributed by atoms with Crippen LogP contribution in [-0.4, -0.2) is 13.1 Å². The molecular weight excluding hydrogens is 381 g/mol. The number of nitrogens with one attached hydrogen (secondary N) is 1. The van der Waals surface area contributed by atoms with Gasteiger partial charge in [0, 0.05) is 5.02 Å². The minimum Gasteiger partial charge on any atom is -0.465 e. The predicted octanol–water partition coefficient (Wildman–Crippen LogP) is 6.08. The van der Waals surface area contributed by atoms with Gasteiger partial charge in [0.15, 0.2) is 0 Å². The Morgan fingerprint density at radius 2 is 1.74 bits per heavy atom. The molecule has 2 aromatic rings. The van der Waals surface area contributed by atoms with Gasteiger partial charge in [-0.15, -0.1) is 0 Å². The molecule has 5 atom stereocenters. The van der Waals surface area contributed by atoms with Crippen LogP contribution in [0.3, 0.4) is 0 Å². The molecule has 0 spiro atoms. The molecule has 0 aromatic heterocycles. The molecule has 1 N–H and O–H groups in total. The molecule has 2 aliphatic carbocycles. The van der Waals surface area contributed by atoms with Crippen LogP contribution >= 0.6 is 23.2 Å². The summed E-state index contributed by atoms with van der Waals surface area (Å²) in [5, 5.41) is 5.26. The summed E-state index contributed by atoms with van der Waals surface area (Å²) in [6.45, 7) is 0. The number of anilines is 1. The number of ether oxygens (including phenoxy) is 1. The van der Waals surface area contributed by atoms with Crippen LogP contribution < -0.4 is 5.32 Å². The van der Waals surface area contributed by atoms with Crippen molar-refractivity contribution in [2.75, 3.05) is 12.4 Å². The van der Waals surface area contributed by atoms with Crippen LogP contribution in [-0.2, 0) is 4.74 Å². The van der Waals surface area contributed by atoms with Crippen LogP contribution in [0, 0.1) is 17.8 Å². The Bertz CT molecular complexity index is 911. The molecule has 0 saturated heterocycles. The molecule has 5 unspecified atom stereocenters. The summed E-state index contributed by atoms with van der Waals surface area (Å²) in [4.78, 5) is 11.8. The first-order valence-electron chi connectivity index (χ1n) is 9.51. The number of hydrogen-bond donors (Lipinski definition) is 1. The van der Waals surface area contributed by atoms with Crippen molar-refractivity contribution in [2.45, 2.75) is 31.2 Å². The van der Waals surface area contributed by atoms with Crippen LogP contribution in [0.5, 0.6) is 0 Å². The Hall–Kier alpha value is -1.71. The Balaban J connectivity index is 1.59. The predicted molar refractivity (Wildman–Crippen MR) is 108 cm³/mol. The smallest absolute Gasteiger partial charge is 0.337 e. The Labute approximate surface area is 169 Å². The second-order valence-electron chi connectivity index (χ2n) is 7.99. The molecule has 140 valence electrons. The van der Waals surface area contributed by atoms with Gasteiger partial charge in [0.1, 0.15) is 0 Å². The molecular formula is C22H21Cl2NO2. The van der Waals surface area contributed by atoms with Gasteiger partial charge in [0.2, 0.25) is 0 Å². The topological polar surface area (TPSA) is 38.3 Å². The largest absolute Gasteiger partial charge is 0.465 e. The van der Waals surface area contributed by atoms with E-state index in [2.05, 4.69) is 5.32 Å². The molecule has 2 bridgehead atoms. The van der Waals surface area contributed by atoms with Crippen molar-refractivity contribution in [3.05, 3.63) is 63.1 Å². The maximum Gasteiger partial charge on any atom is 0.337 e. The number of benzene rings is 2. The van der Waals surface area contributed by atoms with Crippen molar-refractivity contribution in [3.8, 4) is 0 Å².